The summed E-state index contributed by atoms with van der Waals surface area (Å²) in [5, 5.41) is 3.01. The minimum absolute atomic E-state index is 0. The third-order valence-corrected chi connectivity index (χ3v) is 3.53. The Morgan fingerprint density at radius 1 is 1.47 bits per heavy atom. The molecule has 17 heavy (non-hydrogen) atoms. The number of hydrogen-bond donors (Lipinski definition) is 2. The quantitative estimate of drug-likeness (QED) is 0.790. The molecule has 102 valence electrons. The fourth-order valence-electron chi connectivity index (χ4n) is 1.89. The average molecular weight is 265 g/mol. The summed E-state index contributed by atoms with van der Waals surface area (Å²) in [7, 11) is 0. The van der Waals surface area contributed by atoms with Gasteiger partial charge in [-0.25, -0.2) is 0 Å². The van der Waals surface area contributed by atoms with E-state index in [1.54, 1.807) is 0 Å². The minimum Gasteiger partial charge on any atom is -0.364 e. The summed E-state index contributed by atoms with van der Waals surface area (Å²) >= 11 is 0. The zero-order valence-corrected chi connectivity index (χ0v) is 11.8. The van der Waals surface area contributed by atoms with Crippen molar-refractivity contribution in [3.05, 3.63) is 0 Å². The number of rotatable bonds is 5. The predicted molar refractivity (Wildman–Crippen MR) is 71.3 cm³/mol. The molecule has 0 saturated carbocycles. The van der Waals surface area contributed by atoms with Gasteiger partial charge in [0.15, 0.2) is 0 Å². The number of nitrogens with one attached hydrogen (secondary N) is 1. The van der Waals surface area contributed by atoms with E-state index in [2.05, 4.69) is 19.2 Å². The van der Waals surface area contributed by atoms with Gasteiger partial charge in [-0.05, 0) is 25.7 Å². The third kappa shape index (κ3) is 4.82. The second-order valence-corrected chi connectivity index (χ2v) is 4.74. The van der Waals surface area contributed by atoms with Crippen molar-refractivity contribution in [3.8, 4) is 0 Å². The Balaban J connectivity index is 0.00000256. The van der Waals surface area contributed by atoms with E-state index < -0.39 is 0 Å². The van der Waals surface area contributed by atoms with Gasteiger partial charge in [-0.2, -0.15) is 0 Å². The van der Waals surface area contributed by atoms with Crippen LogP contribution in [0.1, 0.15) is 40.0 Å². The molecule has 0 aromatic carbocycles. The normalized spacial score (nSPS) is 27.1. The third-order valence-electron chi connectivity index (χ3n) is 3.53. The van der Waals surface area contributed by atoms with Crippen LogP contribution in [0.5, 0.6) is 0 Å². The van der Waals surface area contributed by atoms with E-state index in [0.717, 1.165) is 19.3 Å². The van der Waals surface area contributed by atoms with Gasteiger partial charge < -0.3 is 15.8 Å². The molecule has 1 fully saturated rings. The first-order valence-electron chi connectivity index (χ1n) is 6.24. The van der Waals surface area contributed by atoms with Crippen LogP contribution in [-0.2, 0) is 9.53 Å². The molecule has 0 aromatic rings. The van der Waals surface area contributed by atoms with Crippen molar-refractivity contribution in [3.63, 3.8) is 0 Å². The monoisotopic (exact) mass is 264 g/mol. The van der Waals surface area contributed by atoms with Gasteiger partial charge in [0.2, 0.25) is 5.91 Å². The zero-order valence-electron chi connectivity index (χ0n) is 10.9. The van der Waals surface area contributed by atoms with Crippen molar-refractivity contribution >= 4 is 18.3 Å². The van der Waals surface area contributed by atoms with E-state index in [0.29, 0.717) is 12.5 Å². The maximum absolute atomic E-state index is 11.9. The standard InChI is InChI=1S/C12H24N2O2.ClH/c1-4-8(2)9(3)14-12(15)11-6-5-10(7-13)16-11;/h8-11H,4-7,13H2,1-3H3,(H,14,15);1H/t8?,9?,10-,11+;/m1./s1. The lowest BCUT2D eigenvalue weighted by molar-refractivity contribution is -0.132. The maximum Gasteiger partial charge on any atom is 0.249 e. The first-order chi connectivity index (χ1) is 7.58. The number of amides is 1. The Morgan fingerprint density at radius 2 is 2.12 bits per heavy atom. The van der Waals surface area contributed by atoms with Crippen molar-refractivity contribution in [2.24, 2.45) is 11.7 Å². The van der Waals surface area contributed by atoms with Crippen molar-refractivity contribution in [1.29, 1.82) is 0 Å². The summed E-state index contributed by atoms with van der Waals surface area (Å²) in [5.74, 6) is 0.513. The molecule has 2 unspecified atom stereocenters. The van der Waals surface area contributed by atoms with Gasteiger partial charge in [-0.3, -0.25) is 4.79 Å². The molecule has 0 radical (unpaired) electrons. The Kier molecular flexibility index (Phi) is 7.75. The number of hydrogen-bond acceptors (Lipinski definition) is 3. The number of ether oxygens (including phenoxy) is 1. The Hall–Kier alpha value is -0.320. The van der Waals surface area contributed by atoms with Gasteiger partial charge in [0.05, 0.1) is 6.10 Å². The van der Waals surface area contributed by atoms with Crippen LogP contribution in [0.3, 0.4) is 0 Å². The van der Waals surface area contributed by atoms with Crippen molar-refractivity contribution in [2.75, 3.05) is 6.54 Å². The number of nitrogens with two attached hydrogens (primary N) is 1. The van der Waals surface area contributed by atoms with Gasteiger partial charge in [0.25, 0.3) is 0 Å². The molecule has 1 aliphatic rings. The second kappa shape index (κ2) is 7.90. The van der Waals surface area contributed by atoms with Crippen molar-refractivity contribution < 1.29 is 9.53 Å². The van der Waals surface area contributed by atoms with Gasteiger partial charge >= 0.3 is 0 Å². The highest BCUT2D eigenvalue weighted by Gasteiger charge is 2.30. The van der Waals surface area contributed by atoms with Crippen LogP contribution in [0.15, 0.2) is 0 Å². The fourth-order valence-corrected chi connectivity index (χ4v) is 1.89. The summed E-state index contributed by atoms with van der Waals surface area (Å²) in [4.78, 5) is 11.9. The van der Waals surface area contributed by atoms with E-state index in [9.17, 15) is 4.79 Å². The lowest BCUT2D eigenvalue weighted by Gasteiger charge is -2.22. The highest BCUT2D eigenvalue weighted by atomic mass is 35.5. The van der Waals surface area contributed by atoms with Crippen LogP contribution >= 0.6 is 12.4 Å². The lowest BCUT2D eigenvalue weighted by atomic mass is 10.0. The zero-order chi connectivity index (χ0) is 12.1. The van der Waals surface area contributed by atoms with Crippen LogP contribution < -0.4 is 11.1 Å². The molecule has 3 N–H and O–H groups in total. The molecule has 1 rings (SSSR count). The van der Waals surface area contributed by atoms with Gasteiger partial charge in [0, 0.05) is 12.6 Å². The number of carbonyl (C=O) groups is 1. The molecule has 4 nitrogen and oxygen atoms in total. The molecule has 1 heterocycles. The van der Waals surface area contributed by atoms with E-state index in [1.165, 1.54) is 0 Å². The Labute approximate surface area is 110 Å². The Bertz CT molecular complexity index is 239. The lowest BCUT2D eigenvalue weighted by Crippen LogP contribution is -2.43. The molecule has 1 aliphatic heterocycles. The first-order valence-corrected chi connectivity index (χ1v) is 6.24. The topological polar surface area (TPSA) is 64.4 Å². The Morgan fingerprint density at radius 3 is 2.59 bits per heavy atom. The number of halogens is 1. The molecule has 1 saturated heterocycles. The fraction of sp³-hybridized carbons (Fsp3) is 0.917. The maximum atomic E-state index is 11.9. The van der Waals surface area contributed by atoms with Crippen molar-refractivity contribution in [1.82, 2.24) is 5.32 Å². The van der Waals surface area contributed by atoms with E-state index >= 15 is 0 Å². The molecule has 1 amide bonds. The van der Waals surface area contributed by atoms with Crippen molar-refractivity contribution in [2.45, 2.75) is 58.3 Å². The molecule has 0 spiro atoms. The predicted octanol–water partition coefficient (Wildman–Crippen LogP) is 1.47. The van der Waals surface area contributed by atoms with Crippen LogP contribution in [0.4, 0.5) is 0 Å². The molecule has 5 heteroatoms. The SMILES string of the molecule is CCC(C)C(C)NC(=O)[C@@H]1CC[C@H](CN)O1.Cl. The first kappa shape index (κ1) is 16.7. The summed E-state index contributed by atoms with van der Waals surface area (Å²) in [5.41, 5.74) is 5.51. The summed E-state index contributed by atoms with van der Waals surface area (Å²) < 4.78 is 5.55. The molecule has 0 aromatic heterocycles. The molecule has 4 atom stereocenters. The van der Waals surface area contributed by atoms with Crippen LogP contribution in [0.2, 0.25) is 0 Å². The summed E-state index contributed by atoms with van der Waals surface area (Å²) in [6.45, 7) is 6.82. The second-order valence-electron chi connectivity index (χ2n) is 4.74. The molecule has 0 bridgehead atoms. The number of carbonyl (C=O) groups excluding carboxylic acids is 1. The van der Waals surface area contributed by atoms with Gasteiger partial charge in [-0.15, -0.1) is 12.4 Å². The summed E-state index contributed by atoms with van der Waals surface area (Å²) in [6, 6.07) is 0.207. The largest absolute Gasteiger partial charge is 0.364 e. The van der Waals surface area contributed by atoms with Crippen LogP contribution in [0, 0.1) is 5.92 Å². The minimum atomic E-state index is -0.292. The van der Waals surface area contributed by atoms with E-state index in [-0.39, 0.29) is 36.6 Å². The molecule has 0 aliphatic carbocycles. The summed E-state index contributed by atoms with van der Waals surface area (Å²) in [6.07, 6.45) is 2.53. The smallest absolute Gasteiger partial charge is 0.249 e. The van der Waals surface area contributed by atoms with Gasteiger partial charge in [-0.1, -0.05) is 20.3 Å². The average Bonchev–Trinajstić information content (AvgIpc) is 2.76. The molecular formula is C12H25ClN2O2. The van der Waals surface area contributed by atoms with E-state index in [4.69, 9.17) is 10.5 Å². The van der Waals surface area contributed by atoms with E-state index in [1.807, 2.05) is 6.92 Å². The highest BCUT2D eigenvalue weighted by Crippen LogP contribution is 2.19. The van der Waals surface area contributed by atoms with Crippen LogP contribution in [0.25, 0.3) is 0 Å². The highest BCUT2D eigenvalue weighted by molar-refractivity contribution is 5.85. The van der Waals surface area contributed by atoms with Gasteiger partial charge in [0.1, 0.15) is 6.10 Å². The molecular weight excluding hydrogens is 240 g/mol. The van der Waals surface area contributed by atoms with Crippen LogP contribution in [-0.4, -0.2) is 30.7 Å².